The van der Waals surface area contributed by atoms with Crippen LogP contribution in [0, 0.1) is 0 Å². The Balaban J connectivity index is 3.00. The molecule has 0 rings (SSSR count). The summed E-state index contributed by atoms with van der Waals surface area (Å²) >= 11 is 0. The van der Waals surface area contributed by atoms with Crippen molar-refractivity contribution >= 4 is 0 Å². The van der Waals surface area contributed by atoms with Crippen LogP contribution in [0.3, 0.4) is 0 Å². The molecule has 0 aliphatic heterocycles. The van der Waals surface area contributed by atoms with Crippen molar-refractivity contribution in [3.8, 4) is 0 Å². The molecular formula is C24H48F2O11. The Hall–Kier alpha value is -0.580. The molecule has 13 heteroatoms. The Morgan fingerprint density at radius 3 is 0.405 bits per heavy atom. The van der Waals surface area contributed by atoms with Crippen molar-refractivity contribution in [2.24, 2.45) is 0 Å². The van der Waals surface area contributed by atoms with Gasteiger partial charge in [-0.3, -0.25) is 0 Å². The lowest BCUT2D eigenvalue weighted by molar-refractivity contribution is -0.0276. The first-order valence-corrected chi connectivity index (χ1v) is 12.9. The first kappa shape index (κ1) is 36.4. The zero-order valence-electron chi connectivity index (χ0n) is 22.2. The summed E-state index contributed by atoms with van der Waals surface area (Å²) in [7, 11) is 0. The average Bonchev–Trinajstić information content (AvgIpc) is 2.91. The molecule has 0 amide bonds. The molecule has 0 aromatic carbocycles. The van der Waals surface area contributed by atoms with E-state index in [1.807, 2.05) is 0 Å². The van der Waals surface area contributed by atoms with E-state index in [2.05, 4.69) is 0 Å². The van der Waals surface area contributed by atoms with E-state index in [0.29, 0.717) is 132 Å². The summed E-state index contributed by atoms with van der Waals surface area (Å²) in [5, 5.41) is 0. The Morgan fingerprint density at radius 1 is 0.189 bits per heavy atom. The first-order valence-electron chi connectivity index (χ1n) is 12.9. The smallest absolute Gasteiger partial charge is 0.113 e. The molecule has 0 bridgehead atoms. The molecule has 11 nitrogen and oxygen atoms in total. The normalized spacial score (nSPS) is 11.5. The second-order valence-electron chi connectivity index (χ2n) is 7.11. The monoisotopic (exact) mass is 550 g/mol. The van der Waals surface area contributed by atoms with E-state index in [-0.39, 0.29) is 13.2 Å². The molecule has 224 valence electrons. The van der Waals surface area contributed by atoms with Gasteiger partial charge in [-0.15, -0.1) is 0 Å². The van der Waals surface area contributed by atoms with Gasteiger partial charge in [-0.25, -0.2) is 8.78 Å². The number of alkyl halides is 2. The summed E-state index contributed by atoms with van der Waals surface area (Å²) in [5.74, 6) is 0. The van der Waals surface area contributed by atoms with Gasteiger partial charge in [0.25, 0.3) is 0 Å². The highest BCUT2D eigenvalue weighted by Crippen LogP contribution is 1.87. The summed E-state index contributed by atoms with van der Waals surface area (Å²) in [5.41, 5.74) is 0. The maximum Gasteiger partial charge on any atom is 0.113 e. The third-order valence-electron chi connectivity index (χ3n) is 4.16. The van der Waals surface area contributed by atoms with Gasteiger partial charge in [0.1, 0.15) is 13.3 Å². The van der Waals surface area contributed by atoms with Gasteiger partial charge in [-0.1, -0.05) is 0 Å². The fraction of sp³-hybridized carbons (Fsp3) is 1.00. The highest BCUT2D eigenvalue weighted by molar-refractivity contribution is 4.39. The van der Waals surface area contributed by atoms with Gasteiger partial charge >= 0.3 is 0 Å². The van der Waals surface area contributed by atoms with E-state index in [1.165, 1.54) is 0 Å². The molecule has 0 heterocycles. The van der Waals surface area contributed by atoms with Gasteiger partial charge in [0, 0.05) is 0 Å². The fourth-order valence-corrected chi connectivity index (χ4v) is 2.41. The lowest BCUT2D eigenvalue weighted by atomic mass is 10.6. The maximum atomic E-state index is 11.8. The van der Waals surface area contributed by atoms with E-state index < -0.39 is 13.3 Å². The molecule has 37 heavy (non-hydrogen) atoms. The molecule has 0 atom stereocenters. The molecule has 0 aliphatic rings. The number of ether oxygens (including phenoxy) is 11. The van der Waals surface area contributed by atoms with E-state index in [9.17, 15) is 8.78 Å². The lowest BCUT2D eigenvalue weighted by Gasteiger charge is -2.09. The van der Waals surface area contributed by atoms with E-state index >= 15 is 0 Å². The third-order valence-corrected chi connectivity index (χ3v) is 4.16. The van der Waals surface area contributed by atoms with Crippen molar-refractivity contribution in [2.45, 2.75) is 0 Å². The molecule has 0 N–H and O–H groups in total. The van der Waals surface area contributed by atoms with Crippen LogP contribution in [-0.4, -0.2) is 159 Å². The second-order valence-corrected chi connectivity index (χ2v) is 7.11. The molecule has 0 saturated carbocycles. The van der Waals surface area contributed by atoms with Crippen LogP contribution in [0.1, 0.15) is 0 Å². The van der Waals surface area contributed by atoms with E-state index in [0.717, 1.165) is 0 Å². The second kappa shape index (κ2) is 35.4. The first-order chi connectivity index (χ1) is 18.4. The molecule has 0 unspecified atom stereocenters. The summed E-state index contributed by atoms with van der Waals surface area (Å²) < 4.78 is 81.8. The summed E-state index contributed by atoms with van der Waals surface area (Å²) in [6, 6.07) is 0. The minimum absolute atomic E-state index is 0.111. The average molecular weight is 551 g/mol. The largest absolute Gasteiger partial charge is 0.377 e. The van der Waals surface area contributed by atoms with Crippen molar-refractivity contribution in [1.29, 1.82) is 0 Å². The van der Waals surface area contributed by atoms with Crippen LogP contribution in [0.25, 0.3) is 0 Å². The van der Waals surface area contributed by atoms with Crippen LogP contribution in [0.2, 0.25) is 0 Å². The number of hydrogen-bond donors (Lipinski definition) is 0. The van der Waals surface area contributed by atoms with Gasteiger partial charge in [0.15, 0.2) is 0 Å². The van der Waals surface area contributed by atoms with Gasteiger partial charge in [0.2, 0.25) is 0 Å². The zero-order valence-corrected chi connectivity index (χ0v) is 22.2. The van der Waals surface area contributed by atoms with Crippen LogP contribution < -0.4 is 0 Å². The van der Waals surface area contributed by atoms with Crippen LogP contribution in [0.4, 0.5) is 8.78 Å². The Kier molecular flexibility index (Phi) is 34.9. The minimum Gasteiger partial charge on any atom is -0.377 e. The van der Waals surface area contributed by atoms with Gasteiger partial charge < -0.3 is 52.1 Å². The number of rotatable bonds is 34. The lowest BCUT2D eigenvalue weighted by Crippen LogP contribution is -2.15. The van der Waals surface area contributed by atoms with Crippen molar-refractivity contribution in [1.82, 2.24) is 0 Å². The van der Waals surface area contributed by atoms with Crippen LogP contribution in [0.15, 0.2) is 0 Å². The summed E-state index contributed by atoms with van der Waals surface area (Å²) in [6.45, 7) is 8.70. The zero-order chi connectivity index (χ0) is 26.7. The third kappa shape index (κ3) is 35.4. The number of halogens is 2. The highest BCUT2D eigenvalue weighted by Gasteiger charge is 1.96. The fourth-order valence-electron chi connectivity index (χ4n) is 2.41. The van der Waals surface area contributed by atoms with Crippen molar-refractivity contribution < 1.29 is 60.9 Å². The molecular weight excluding hydrogens is 502 g/mol. The van der Waals surface area contributed by atoms with E-state index in [4.69, 9.17) is 52.1 Å². The topological polar surface area (TPSA) is 102 Å². The van der Waals surface area contributed by atoms with Crippen LogP contribution in [0.5, 0.6) is 0 Å². The van der Waals surface area contributed by atoms with Crippen LogP contribution >= 0.6 is 0 Å². The number of hydrogen-bond acceptors (Lipinski definition) is 11. The molecule has 0 aromatic rings. The molecule has 0 radical (unpaired) electrons. The van der Waals surface area contributed by atoms with Crippen molar-refractivity contribution in [3.05, 3.63) is 0 Å². The van der Waals surface area contributed by atoms with Gasteiger partial charge in [0.05, 0.1) is 145 Å². The van der Waals surface area contributed by atoms with Crippen molar-refractivity contribution in [2.75, 3.05) is 159 Å². The molecule has 0 fully saturated rings. The molecule has 0 saturated heterocycles. The van der Waals surface area contributed by atoms with E-state index in [1.54, 1.807) is 0 Å². The Bertz CT molecular complexity index is 368. The predicted molar refractivity (Wildman–Crippen MR) is 131 cm³/mol. The van der Waals surface area contributed by atoms with Gasteiger partial charge in [-0.2, -0.15) is 0 Å². The molecule has 0 aromatic heterocycles. The maximum absolute atomic E-state index is 11.8. The van der Waals surface area contributed by atoms with Crippen LogP contribution in [-0.2, 0) is 52.1 Å². The summed E-state index contributed by atoms with van der Waals surface area (Å²) in [6.07, 6.45) is 0. The predicted octanol–water partition coefficient (Wildman–Crippen LogP) is 1.11. The minimum atomic E-state index is -0.476. The van der Waals surface area contributed by atoms with Gasteiger partial charge in [-0.05, 0) is 0 Å². The highest BCUT2D eigenvalue weighted by atomic mass is 19.1. The SMILES string of the molecule is FCCOCCOCCOCCOCCOCCOCCOCCOCCOCCOCCOCCF. The Morgan fingerprint density at radius 2 is 0.297 bits per heavy atom. The quantitative estimate of drug-likeness (QED) is 0.108. The van der Waals surface area contributed by atoms with Crippen molar-refractivity contribution in [3.63, 3.8) is 0 Å². The molecule has 0 aliphatic carbocycles. The Labute approximate surface area is 220 Å². The molecule has 0 spiro atoms. The summed E-state index contributed by atoms with van der Waals surface area (Å²) in [4.78, 5) is 0. The standard InChI is InChI=1S/C24H48F2O11/c25-1-3-27-5-7-29-9-11-31-13-15-33-17-19-35-21-23-37-24-22-36-20-18-34-16-14-32-12-10-30-8-6-28-4-2-26/h1-24H2.